The van der Waals surface area contributed by atoms with Crippen LogP contribution in [-0.4, -0.2) is 47.4 Å². The first kappa shape index (κ1) is 19.2. The number of fused-ring (bicyclic) bond motifs is 2. The number of hydrogen-bond donors (Lipinski definition) is 1. The fourth-order valence-corrected chi connectivity index (χ4v) is 5.27. The van der Waals surface area contributed by atoms with Crippen molar-refractivity contribution in [1.29, 1.82) is 0 Å². The van der Waals surface area contributed by atoms with E-state index in [-0.39, 0.29) is 18.7 Å². The predicted molar refractivity (Wildman–Crippen MR) is 109 cm³/mol. The van der Waals surface area contributed by atoms with Crippen molar-refractivity contribution in [2.24, 2.45) is 0 Å². The van der Waals surface area contributed by atoms with Crippen molar-refractivity contribution < 1.29 is 19.1 Å². The molecule has 0 radical (unpaired) electrons. The van der Waals surface area contributed by atoms with Crippen LogP contribution in [0.4, 0.5) is 0 Å². The molecule has 5 atom stereocenters. The molecule has 2 heterocycles. The van der Waals surface area contributed by atoms with E-state index in [1.807, 2.05) is 30.3 Å². The lowest BCUT2D eigenvalue weighted by Gasteiger charge is -2.47. The van der Waals surface area contributed by atoms with Crippen molar-refractivity contribution in [3.63, 3.8) is 0 Å². The SMILES string of the molecule is C[N+]1(Cc2ccccc2)[C@@H]2CC[C@H]1CC(OC(=O)C(CO)c1ccccc1)C2. The van der Waals surface area contributed by atoms with Gasteiger partial charge in [-0.05, 0) is 5.56 Å². The molecule has 0 aromatic heterocycles. The minimum Gasteiger partial charge on any atom is -0.461 e. The highest BCUT2D eigenvalue weighted by atomic mass is 16.5. The average Bonchev–Trinajstić information content (AvgIpc) is 2.87. The van der Waals surface area contributed by atoms with Gasteiger partial charge in [0.25, 0.3) is 0 Å². The summed E-state index contributed by atoms with van der Waals surface area (Å²) in [5.41, 5.74) is 2.19. The molecule has 148 valence electrons. The van der Waals surface area contributed by atoms with Gasteiger partial charge in [-0.3, -0.25) is 4.79 Å². The van der Waals surface area contributed by atoms with Crippen LogP contribution >= 0.6 is 0 Å². The standard InChI is InChI=1S/C24H30NO3/c1-25(16-18-8-4-2-5-9-18)20-12-13-21(25)15-22(14-20)28-24(27)23(17-26)19-10-6-3-7-11-19/h2-11,20-23,26H,12-17H2,1H3/q+1/t20-,21+,22?,23?,25?. The van der Waals surface area contributed by atoms with Crippen LogP contribution in [0.25, 0.3) is 0 Å². The second-order valence-corrected chi connectivity index (χ2v) is 8.55. The maximum atomic E-state index is 12.7. The third-order valence-corrected chi connectivity index (χ3v) is 6.89. The summed E-state index contributed by atoms with van der Waals surface area (Å²) in [4.78, 5) is 12.7. The van der Waals surface area contributed by atoms with Crippen molar-refractivity contribution >= 4 is 5.97 Å². The molecule has 0 aliphatic carbocycles. The van der Waals surface area contributed by atoms with Gasteiger partial charge in [-0.2, -0.15) is 0 Å². The number of nitrogens with zero attached hydrogens (tertiary/aromatic N) is 1. The van der Waals surface area contributed by atoms with E-state index in [4.69, 9.17) is 4.74 Å². The van der Waals surface area contributed by atoms with Crippen LogP contribution in [0.15, 0.2) is 60.7 Å². The van der Waals surface area contributed by atoms with E-state index in [0.29, 0.717) is 12.1 Å². The average molecular weight is 381 g/mol. The van der Waals surface area contributed by atoms with Crippen molar-refractivity contribution in [1.82, 2.24) is 0 Å². The lowest BCUT2D eigenvalue weighted by molar-refractivity contribution is -0.961. The van der Waals surface area contributed by atoms with E-state index in [0.717, 1.165) is 29.4 Å². The molecule has 2 aliphatic rings. The fourth-order valence-electron chi connectivity index (χ4n) is 5.27. The number of benzene rings is 2. The number of esters is 1. The zero-order chi connectivity index (χ0) is 19.6. The first-order valence-electron chi connectivity index (χ1n) is 10.4. The monoisotopic (exact) mass is 380 g/mol. The minimum atomic E-state index is -0.592. The second kappa shape index (κ2) is 8.06. The van der Waals surface area contributed by atoms with Crippen molar-refractivity contribution in [3.8, 4) is 0 Å². The molecule has 2 bridgehead atoms. The highest BCUT2D eigenvalue weighted by Crippen LogP contribution is 2.43. The van der Waals surface area contributed by atoms with Gasteiger partial charge in [-0.1, -0.05) is 60.7 Å². The molecule has 3 unspecified atom stereocenters. The molecule has 4 heteroatoms. The topological polar surface area (TPSA) is 46.5 Å². The van der Waals surface area contributed by atoms with E-state index in [9.17, 15) is 9.90 Å². The number of rotatable bonds is 6. The summed E-state index contributed by atoms with van der Waals surface area (Å²) < 4.78 is 6.97. The Hall–Kier alpha value is -2.17. The normalized spacial score (nSPS) is 30.0. The quantitative estimate of drug-likeness (QED) is 0.615. The largest absolute Gasteiger partial charge is 0.461 e. The number of quaternary nitrogens is 1. The van der Waals surface area contributed by atoms with Gasteiger partial charge in [0.05, 0.1) is 25.7 Å². The van der Waals surface area contributed by atoms with Crippen LogP contribution in [0, 0.1) is 0 Å². The van der Waals surface area contributed by atoms with Gasteiger partial charge in [0.15, 0.2) is 0 Å². The molecule has 28 heavy (non-hydrogen) atoms. The van der Waals surface area contributed by atoms with Gasteiger partial charge in [0, 0.05) is 31.2 Å². The summed E-state index contributed by atoms with van der Waals surface area (Å²) in [6.45, 7) is 0.824. The summed E-state index contributed by atoms with van der Waals surface area (Å²) >= 11 is 0. The molecule has 2 saturated heterocycles. The minimum absolute atomic E-state index is 0.0373. The van der Waals surface area contributed by atoms with Crippen LogP contribution in [0.3, 0.4) is 0 Å². The van der Waals surface area contributed by atoms with E-state index in [1.54, 1.807) is 0 Å². The van der Waals surface area contributed by atoms with Gasteiger partial charge < -0.3 is 14.3 Å². The lowest BCUT2D eigenvalue weighted by Crippen LogP contribution is -2.58. The molecule has 0 amide bonds. The predicted octanol–water partition coefficient (Wildman–Crippen LogP) is 3.65. The van der Waals surface area contributed by atoms with E-state index >= 15 is 0 Å². The Balaban J connectivity index is 1.42. The molecule has 4 nitrogen and oxygen atoms in total. The molecule has 2 aromatic carbocycles. The molecule has 1 N–H and O–H groups in total. The fraction of sp³-hybridized carbons (Fsp3) is 0.458. The summed E-state index contributed by atoms with van der Waals surface area (Å²) in [5.74, 6) is -0.886. The van der Waals surface area contributed by atoms with Crippen LogP contribution < -0.4 is 0 Å². The van der Waals surface area contributed by atoms with Crippen molar-refractivity contribution in [2.45, 2.75) is 56.3 Å². The molecule has 2 aromatic rings. The number of aliphatic hydroxyl groups is 1. The third-order valence-electron chi connectivity index (χ3n) is 6.89. The number of piperidine rings is 1. The number of hydrogen-bond acceptors (Lipinski definition) is 3. The van der Waals surface area contributed by atoms with Crippen LogP contribution in [0.1, 0.15) is 42.7 Å². The summed E-state index contributed by atoms with van der Waals surface area (Å²) in [6.07, 6.45) is 4.19. The highest BCUT2D eigenvalue weighted by molar-refractivity contribution is 5.78. The first-order chi connectivity index (χ1) is 13.6. The maximum absolute atomic E-state index is 12.7. The number of aliphatic hydroxyl groups excluding tert-OH is 1. The summed E-state index contributed by atoms with van der Waals surface area (Å²) in [5, 5.41) is 9.74. The number of carbonyl (C=O) groups excluding carboxylic acids is 1. The van der Waals surface area contributed by atoms with E-state index in [2.05, 4.69) is 37.4 Å². The summed E-state index contributed by atoms with van der Waals surface area (Å²) in [7, 11) is 2.37. The molecule has 0 spiro atoms. The van der Waals surface area contributed by atoms with Gasteiger partial charge in [0.2, 0.25) is 0 Å². The van der Waals surface area contributed by atoms with E-state index < -0.39 is 5.92 Å². The number of carbonyl (C=O) groups is 1. The Labute approximate surface area is 167 Å². The Morgan fingerprint density at radius 1 is 1.04 bits per heavy atom. The zero-order valence-electron chi connectivity index (χ0n) is 16.5. The first-order valence-corrected chi connectivity index (χ1v) is 10.4. The lowest BCUT2D eigenvalue weighted by atomic mass is 9.95. The maximum Gasteiger partial charge on any atom is 0.316 e. The van der Waals surface area contributed by atoms with Crippen LogP contribution in [-0.2, 0) is 16.1 Å². The molecule has 4 rings (SSSR count). The van der Waals surface area contributed by atoms with E-state index in [1.165, 1.54) is 18.4 Å². The highest BCUT2D eigenvalue weighted by Gasteiger charge is 2.52. The van der Waals surface area contributed by atoms with Crippen LogP contribution in [0.2, 0.25) is 0 Å². The van der Waals surface area contributed by atoms with Crippen molar-refractivity contribution in [3.05, 3.63) is 71.8 Å². The Kier molecular flexibility index (Phi) is 5.51. The van der Waals surface area contributed by atoms with Gasteiger partial charge in [0.1, 0.15) is 18.6 Å². The Morgan fingerprint density at radius 2 is 1.61 bits per heavy atom. The molecular formula is C24H30NO3+. The Morgan fingerprint density at radius 3 is 2.18 bits per heavy atom. The molecule has 2 fully saturated rings. The molecular weight excluding hydrogens is 350 g/mol. The summed E-state index contributed by atoms with van der Waals surface area (Å²) in [6, 6.07) is 21.2. The zero-order valence-corrected chi connectivity index (χ0v) is 16.5. The van der Waals surface area contributed by atoms with Gasteiger partial charge in [-0.25, -0.2) is 0 Å². The Bertz CT molecular complexity index is 778. The molecule has 0 saturated carbocycles. The second-order valence-electron chi connectivity index (χ2n) is 8.55. The van der Waals surface area contributed by atoms with Gasteiger partial charge >= 0.3 is 5.97 Å². The number of ether oxygens (including phenoxy) is 1. The third kappa shape index (κ3) is 3.71. The smallest absolute Gasteiger partial charge is 0.316 e. The van der Waals surface area contributed by atoms with Crippen molar-refractivity contribution in [2.75, 3.05) is 13.7 Å². The van der Waals surface area contributed by atoms with Gasteiger partial charge in [-0.15, -0.1) is 0 Å². The molecule has 2 aliphatic heterocycles. The van der Waals surface area contributed by atoms with Crippen LogP contribution in [0.5, 0.6) is 0 Å².